The lowest BCUT2D eigenvalue weighted by atomic mass is 10.1. The highest BCUT2D eigenvalue weighted by atomic mass is 35.5. The van der Waals surface area contributed by atoms with E-state index in [-0.39, 0.29) is 24.9 Å². The lowest BCUT2D eigenvalue weighted by Gasteiger charge is -2.32. The molecule has 2 fully saturated rings. The highest BCUT2D eigenvalue weighted by molar-refractivity contribution is 5.85. The number of nitrogens with one attached hydrogen (secondary N) is 2. The number of rotatable bonds is 7. The maximum Gasteiger partial charge on any atom is 0.257 e. The molecule has 5 nitrogen and oxygen atoms in total. The zero-order chi connectivity index (χ0) is 16.1. The molecule has 0 aromatic heterocycles. The monoisotopic (exact) mass is 353 g/mol. The smallest absolute Gasteiger partial charge is 0.257 e. The minimum Gasteiger partial charge on any atom is -0.483 e. The molecule has 2 N–H and O–H groups in total. The Morgan fingerprint density at radius 3 is 2.92 bits per heavy atom. The van der Waals surface area contributed by atoms with Crippen LogP contribution >= 0.6 is 12.4 Å². The molecule has 1 saturated carbocycles. The number of hydrogen-bond donors (Lipinski definition) is 2. The van der Waals surface area contributed by atoms with E-state index >= 15 is 0 Å². The first kappa shape index (κ1) is 19.0. The van der Waals surface area contributed by atoms with Crippen LogP contribution in [0.2, 0.25) is 0 Å². The summed E-state index contributed by atoms with van der Waals surface area (Å²) < 4.78 is 5.77. The van der Waals surface area contributed by atoms with Crippen molar-refractivity contribution in [3.63, 3.8) is 0 Å². The maximum atomic E-state index is 11.8. The van der Waals surface area contributed by atoms with E-state index in [1.807, 2.05) is 18.2 Å². The first-order chi connectivity index (χ1) is 11.2. The molecule has 0 unspecified atom stereocenters. The highest BCUT2D eigenvalue weighted by Gasteiger charge is 2.22. The van der Waals surface area contributed by atoms with E-state index in [2.05, 4.69) is 28.5 Å². The Labute approximate surface area is 150 Å². The fraction of sp³-hybridized carbons (Fsp3) is 0.611. The number of amides is 1. The summed E-state index contributed by atoms with van der Waals surface area (Å²) in [7, 11) is 0. The standard InChI is InChI=1S/C18H27N3O2.ClH/c1-14-11-21(9-8-19-14)12-16-4-2-3-5-17(16)23-13-18(22)20-10-15-6-7-15;/h2-5,14-15,19H,6-13H2,1H3,(H,20,22);1H/t14-;/m1./s1. The molecular weight excluding hydrogens is 326 g/mol. The topological polar surface area (TPSA) is 53.6 Å². The summed E-state index contributed by atoms with van der Waals surface area (Å²) >= 11 is 0. The molecular formula is C18H28ClN3O2. The Bertz CT molecular complexity index is 537. The van der Waals surface area contributed by atoms with Crippen LogP contribution in [-0.4, -0.2) is 49.6 Å². The van der Waals surface area contributed by atoms with Crippen molar-refractivity contribution in [1.82, 2.24) is 15.5 Å². The quantitative estimate of drug-likeness (QED) is 0.785. The molecule has 1 atom stereocenters. The summed E-state index contributed by atoms with van der Waals surface area (Å²) in [6, 6.07) is 8.55. The van der Waals surface area contributed by atoms with Gasteiger partial charge in [0.1, 0.15) is 5.75 Å². The van der Waals surface area contributed by atoms with Crippen molar-refractivity contribution in [2.24, 2.45) is 5.92 Å². The SMILES string of the molecule is C[C@@H]1CN(Cc2ccccc2OCC(=O)NCC2CC2)CCN1.Cl. The largest absolute Gasteiger partial charge is 0.483 e. The van der Waals surface area contributed by atoms with E-state index in [4.69, 9.17) is 4.74 Å². The lowest BCUT2D eigenvalue weighted by Crippen LogP contribution is -2.48. The summed E-state index contributed by atoms with van der Waals surface area (Å²) in [6.45, 7) is 7.07. The summed E-state index contributed by atoms with van der Waals surface area (Å²) in [5.74, 6) is 1.49. The van der Waals surface area contributed by atoms with Crippen molar-refractivity contribution in [2.75, 3.05) is 32.8 Å². The van der Waals surface area contributed by atoms with Crippen LogP contribution in [0, 0.1) is 5.92 Å². The van der Waals surface area contributed by atoms with Gasteiger partial charge in [-0.1, -0.05) is 18.2 Å². The summed E-state index contributed by atoms with van der Waals surface area (Å²) in [6.07, 6.45) is 2.49. The van der Waals surface area contributed by atoms with Gasteiger partial charge in [-0.15, -0.1) is 12.4 Å². The Morgan fingerprint density at radius 1 is 1.38 bits per heavy atom. The van der Waals surface area contributed by atoms with Gasteiger partial charge in [-0.3, -0.25) is 9.69 Å². The van der Waals surface area contributed by atoms with Crippen LogP contribution in [0.4, 0.5) is 0 Å². The molecule has 3 rings (SSSR count). The third-order valence-corrected chi connectivity index (χ3v) is 4.46. The number of hydrogen-bond acceptors (Lipinski definition) is 4. The predicted molar refractivity (Wildman–Crippen MR) is 97.7 cm³/mol. The number of halogens is 1. The Morgan fingerprint density at radius 2 is 2.17 bits per heavy atom. The van der Waals surface area contributed by atoms with Crippen LogP contribution in [0.3, 0.4) is 0 Å². The van der Waals surface area contributed by atoms with Gasteiger partial charge in [-0.25, -0.2) is 0 Å². The molecule has 6 heteroatoms. The number of piperazine rings is 1. The third kappa shape index (κ3) is 5.96. The fourth-order valence-corrected chi connectivity index (χ4v) is 2.95. The van der Waals surface area contributed by atoms with Crippen LogP contribution in [0.1, 0.15) is 25.3 Å². The van der Waals surface area contributed by atoms with E-state index in [9.17, 15) is 4.79 Å². The number of nitrogens with zero attached hydrogens (tertiary/aromatic N) is 1. The molecule has 1 amide bonds. The molecule has 1 saturated heterocycles. The molecule has 0 bridgehead atoms. The number of carbonyl (C=O) groups excluding carboxylic acids is 1. The lowest BCUT2D eigenvalue weighted by molar-refractivity contribution is -0.123. The predicted octanol–water partition coefficient (Wildman–Crippen LogP) is 1.81. The number of benzene rings is 1. The van der Waals surface area contributed by atoms with Crippen LogP contribution in [0.15, 0.2) is 24.3 Å². The molecule has 0 radical (unpaired) electrons. The van der Waals surface area contributed by atoms with Crippen molar-refractivity contribution in [1.29, 1.82) is 0 Å². The van der Waals surface area contributed by atoms with Crippen LogP contribution in [0.25, 0.3) is 0 Å². The number of para-hydroxylation sites is 1. The van der Waals surface area contributed by atoms with Crippen molar-refractivity contribution in [3.8, 4) is 5.75 Å². The molecule has 0 spiro atoms. The zero-order valence-electron chi connectivity index (χ0n) is 14.3. The van der Waals surface area contributed by atoms with E-state index in [1.165, 1.54) is 12.8 Å². The van der Waals surface area contributed by atoms with Crippen molar-refractivity contribution in [2.45, 2.75) is 32.4 Å². The normalized spacial score (nSPS) is 21.0. The average molecular weight is 354 g/mol. The zero-order valence-corrected chi connectivity index (χ0v) is 15.1. The summed E-state index contributed by atoms with van der Waals surface area (Å²) in [4.78, 5) is 14.3. The molecule has 24 heavy (non-hydrogen) atoms. The molecule has 1 heterocycles. The van der Waals surface area contributed by atoms with Gasteiger partial charge in [0.05, 0.1) is 0 Å². The van der Waals surface area contributed by atoms with Gasteiger partial charge < -0.3 is 15.4 Å². The Kier molecular flexibility index (Phi) is 7.34. The second kappa shape index (κ2) is 9.25. The number of ether oxygens (including phenoxy) is 1. The number of carbonyl (C=O) groups is 1. The molecule has 1 aromatic rings. The van der Waals surface area contributed by atoms with Gasteiger partial charge in [-0.2, -0.15) is 0 Å². The van der Waals surface area contributed by atoms with Gasteiger partial charge in [-0.05, 0) is 31.7 Å². The minimum atomic E-state index is -0.0255. The van der Waals surface area contributed by atoms with Gasteiger partial charge in [0.25, 0.3) is 5.91 Å². The molecule has 1 aliphatic carbocycles. The van der Waals surface area contributed by atoms with Gasteiger partial charge >= 0.3 is 0 Å². The van der Waals surface area contributed by atoms with Crippen LogP contribution in [-0.2, 0) is 11.3 Å². The molecule has 2 aliphatic rings. The van der Waals surface area contributed by atoms with Gasteiger partial charge in [0, 0.05) is 44.3 Å². The average Bonchev–Trinajstić information content (AvgIpc) is 3.36. The summed E-state index contributed by atoms with van der Waals surface area (Å²) in [5, 5.41) is 6.39. The van der Waals surface area contributed by atoms with Crippen LogP contribution in [0.5, 0.6) is 5.75 Å². The highest BCUT2D eigenvalue weighted by Crippen LogP contribution is 2.27. The Balaban J connectivity index is 0.00000208. The van der Waals surface area contributed by atoms with Crippen molar-refractivity contribution >= 4 is 18.3 Å². The molecule has 1 aliphatic heterocycles. The molecule has 134 valence electrons. The second-order valence-electron chi connectivity index (χ2n) is 6.73. The minimum absolute atomic E-state index is 0. The maximum absolute atomic E-state index is 11.8. The van der Waals surface area contributed by atoms with Gasteiger partial charge in [0.2, 0.25) is 0 Å². The Hall–Kier alpha value is -1.30. The van der Waals surface area contributed by atoms with E-state index in [1.54, 1.807) is 0 Å². The third-order valence-electron chi connectivity index (χ3n) is 4.46. The van der Waals surface area contributed by atoms with E-state index in [0.717, 1.165) is 44.0 Å². The fourth-order valence-electron chi connectivity index (χ4n) is 2.95. The molecule has 1 aromatic carbocycles. The van der Waals surface area contributed by atoms with Crippen molar-refractivity contribution in [3.05, 3.63) is 29.8 Å². The van der Waals surface area contributed by atoms with E-state index in [0.29, 0.717) is 12.0 Å². The van der Waals surface area contributed by atoms with Crippen LogP contribution < -0.4 is 15.4 Å². The van der Waals surface area contributed by atoms with Crippen molar-refractivity contribution < 1.29 is 9.53 Å². The first-order valence-electron chi connectivity index (χ1n) is 8.64. The van der Waals surface area contributed by atoms with Gasteiger partial charge in [0.15, 0.2) is 6.61 Å². The summed E-state index contributed by atoms with van der Waals surface area (Å²) in [5.41, 5.74) is 1.15. The second-order valence-corrected chi connectivity index (χ2v) is 6.73. The van der Waals surface area contributed by atoms with E-state index < -0.39 is 0 Å². The first-order valence-corrected chi connectivity index (χ1v) is 8.64.